The lowest BCUT2D eigenvalue weighted by Crippen LogP contribution is -2.25. The molecule has 2 aliphatic heterocycles. The summed E-state index contributed by atoms with van der Waals surface area (Å²) in [5.41, 5.74) is 5.60. The minimum Gasteiger partial charge on any atom is -0.507 e. The van der Waals surface area contributed by atoms with Crippen LogP contribution in [-0.4, -0.2) is 5.11 Å². The van der Waals surface area contributed by atoms with Gasteiger partial charge in [-0.3, -0.25) is 0 Å². The van der Waals surface area contributed by atoms with Gasteiger partial charge < -0.3 is 5.11 Å². The Morgan fingerprint density at radius 1 is 0.667 bits per heavy atom. The summed E-state index contributed by atoms with van der Waals surface area (Å²) in [6.07, 6.45) is 0. The number of rotatable bonds is 0. The van der Waals surface area contributed by atoms with E-state index in [1.807, 2.05) is 48.5 Å². The predicted octanol–water partition coefficient (Wildman–Crippen LogP) is 3.26. The van der Waals surface area contributed by atoms with Crippen molar-refractivity contribution in [3.05, 3.63) is 65.3 Å². The third-order valence-electron chi connectivity index (χ3n) is 4.09. The number of nitrogens with zero attached hydrogens (tertiary/aromatic N) is 2. The van der Waals surface area contributed by atoms with E-state index >= 15 is 0 Å². The summed E-state index contributed by atoms with van der Waals surface area (Å²) in [6.45, 7) is 0. The monoisotopic (exact) mass is 270 g/mol. The lowest BCUT2D eigenvalue weighted by Gasteiger charge is -2.04. The number of para-hydroxylation sites is 2. The molecule has 0 bridgehead atoms. The van der Waals surface area contributed by atoms with Crippen molar-refractivity contribution in [2.75, 3.05) is 0 Å². The fourth-order valence-electron chi connectivity index (χ4n) is 3.16. The van der Waals surface area contributed by atoms with Crippen molar-refractivity contribution >= 4 is 11.4 Å². The summed E-state index contributed by atoms with van der Waals surface area (Å²) in [7, 11) is 0. The maximum Gasteiger partial charge on any atom is 0.126 e. The topological polar surface area (TPSA) is 45.0 Å². The van der Waals surface area contributed by atoms with E-state index in [1.54, 1.807) is 6.07 Å². The van der Waals surface area contributed by atoms with Gasteiger partial charge in [0.25, 0.3) is 0 Å². The van der Waals surface area contributed by atoms with Gasteiger partial charge >= 0.3 is 0 Å². The molecule has 98 valence electrons. The van der Waals surface area contributed by atoms with Crippen LogP contribution in [0.4, 0.5) is 11.4 Å². The van der Waals surface area contributed by atoms with Gasteiger partial charge in [-0.15, -0.1) is 0 Å². The Balaban J connectivity index is 1.97. The number of phenolic OH excluding ortho intramolecular Hbond substituents is 1. The standard InChI is InChI=1S/C18H10N2O/c21-15-9-12-10-5-1-3-7-13(10)19-17(12)18-16(15)11-6-2-4-8-14(11)20-18/h1-9,21H. The maximum atomic E-state index is 10.5. The third kappa shape index (κ3) is 1.28. The minimum atomic E-state index is 0.268. The molecule has 0 aliphatic carbocycles. The van der Waals surface area contributed by atoms with Crippen molar-refractivity contribution in [1.29, 1.82) is 0 Å². The number of phenols is 1. The second-order valence-electron chi connectivity index (χ2n) is 5.27. The van der Waals surface area contributed by atoms with Gasteiger partial charge in [0.05, 0.1) is 22.3 Å². The molecular formula is C18H10N2O. The molecule has 2 aliphatic rings. The van der Waals surface area contributed by atoms with Gasteiger partial charge in [0.1, 0.15) is 11.1 Å². The van der Waals surface area contributed by atoms with Crippen LogP contribution in [-0.2, 0) is 0 Å². The molecule has 0 unspecified atom stereocenters. The van der Waals surface area contributed by atoms with E-state index in [1.165, 1.54) is 0 Å². The van der Waals surface area contributed by atoms with Crippen LogP contribution in [0.15, 0.2) is 64.6 Å². The van der Waals surface area contributed by atoms with Crippen LogP contribution in [0.25, 0.3) is 22.3 Å². The third-order valence-corrected chi connectivity index (χ3v) is 4.09. The fourth-order valence-corrected chi connectivity index (χ4v) is 3.16. The molecule has 0 saturated carbocycles. The molecule has 3 heteroatoms. The van der Waals surface area contributed by atoms with E-state index in [0.29, 0.717) is 0 Å². The first-order chi connectivity index (χ1) is 10.3. The predicted molar refractivity (Wildman–Crippen MR) is 80.6 cm³/mol. The summed E-state index contributed by atoms with van der Waals surface area (Å²) in [6, 6.07) is 17.6. The second-order valence-corrected chi connectivity index (χ2v) is 5.27. The highest BCUT2D eigenvalue weighted by Gasteiger charge is 2.24. The van der Waals surface area contributed by atoms with E-state index in [4.69, 9.17) is 4.99 Å². The largest absolute Gasteiger partial charge is 0.507 e. The maximum absolute atomic E-state index is 10.5. The number of aromatic hydroxyl groups is 1. The summed E-state index contributed by atoms with van der Waals surface area (Å²) in [4.78, 5) is 9.38. The highest BCUT2D eigenvalue weighted by Crippen LogP contribution is 2.40. The van der Waals surface area contributed by atoms with Crippen molar-refractivity contribution in [2.45, 2.75) is 0 Å². The Bertz CT molecular complexity index is 1050. The lowest BCUT2D eigenvalue weighted by atomic mass is 9.99. The smallest absolute Gasteiger partial charge is 0.126 e. The van der Waals surface area contributed by atoms with Crippen molar-refractivity contribution < 1.29 is 5.11 Å². The molecule has 3 aromatic carbocycles. The Morgan fingerprint density at radius 3 is 2.10 bits per heavy atom. The summed E-state index contributed by atoms with van der Waals surface area (Å²) >= 11 is 0. The zero-order valence-corrected chi connectivity index (χ0v) is 11.0. The summed E-state index contributed by atoms with van der Waals surface area (Å²) in [5.74, 6) is 0.268. The van der Waals surface area contributed by atoms with E-state index in [0.717, 1.165) is 44.3 Å². The SMILES string of the molecule is Oc1cc2c(c3c1-c1ccccc1N=3)=Nc1ccccc1-2. The average molecular weight is 270 g/mol. The quantitative estimate of drug-likeness (QED) is 0.461. The highest BCUT2D eigenvalue weighted by molar-refractivity contribution is 5.88. The molecule has 0 amide bonds. The Hall–Kier alpha value is -2.94. The van der Waals surface area contributed by atoms with Gasteiger partial charge in [0, 0.05) is 16.7 Å². The molecule has 1 N–H and O–H groups in total. The van der Waals surface area contributed by atoms with Gasteiger partial charge in [0.2, 0.25) is 0 Å². The van der Waals surface area contributed by atoms with Crippen LogP contribution in [0, 0.1) is 0 Å². The molecule has 3 aromatic rings. The van der Waals surface area contributed by atoms with Gasteiger partial charge in [-0.2, -0.15) is 0 Å². The molecule has 5 rings (SSSR count). The molecule has 0 atom stereocenters. The number of hydrogen-bond donors (Lipinski definition) is 1. The zero-order chi connectivity index (χ0) is 14.0. The molecule has 0 saturated heterocycles. The van der Waals surface area contributed by atoms with Crippen molar-refractivity contribution in [3.63, 3.8) is 0 Å². The molecular weight excluding hydrogens is 260 g/mol. The molecule has 3 nitrogen and oxygen atoms in total. The van der Waals surface area contributed by atoms with E-state index in [9.17, 15) is 5.11 Å². The van der Waals surface area contributed by atoms with Gasteiger partial charge in [0.15, 0.2) is 0 Å². The molecule has 2 heterocycles. The summed E-state index contributed by atoms with van der Waals surface area (Å²) in [5, 5.41) is 12.1. The molecule has 0 aromatic heterocycles. The first kappa shape index (κ1) is 10.8. The molecule has 0 fully saturated rings. The molecule has 0 spiro atoms. The number of hydrogen-bond acceptors (Lipinski definition) is 3. The Morgan fingerprint density at radius 2 is 1.29 bits per heavy atom. The Labute approximate surface area is 120 Å². The van der Waals surface area contributed by atoms with Crippen LogP contribution < -0.4 is 10.7 Å². The second kappa shape index (κ2) is 3.58. The van der Waals surface area contributed by atoms with Gasteiger partial charge in [-0.05, 0) is 18.2 Å². The van der Waals surface area contributed by atoms with Gasteiger partial charge in [-0.25, -0.2) is 9.98 Å². The van der Waals surface area contributed by atoms with E-state index in [-0.39, 0.29) is 5.75 Å². The molecule has 21 heavy (non-hydrogen) atoms. The molecule has 0 radical (unpaired) electrons. The summed E-state index contributed by atoms with van der Waals surface area (Å²) < 4.78 is 0. The fraction of sp³-hybridized carbons (Fsp3) is 0. The van der Waals surface area contributed by atoms with E-state index in [2.05, 4.69) is 4.99 Å². The van der Waals surface area contributed by atoms with Crippen molar-refractivity contribution in [1.82, 2.24) is 0 Å². The highest BCUT2D eigenvalue weighted by atomic mass is 16.3. The van der Waals surface area contributed by atoms with Crippen molar-refractivity contribution in [2.24, 2.45) is 9.98 Å². The normalized spacial score (nSPS) is 12.8. The Kier molecular flexibility index (Phi) is 1.84. The van der Waals surface area contributed by atoms with Crippen LogP contribution in [0.3, 0.4) is 0 Å². The van der Waals surface area contributed by atoms with Crippen molar-refractivity contribution in [3.8, 4) is 28.0 Å². The van der Waals surface area contributed by atoms with Crippen LogP contribution in [0.5, 0.6) is 5.75 Å². The van der Waals surface area contributed by atoms with Crippen LogP contribution >= 0.6 is 0 Å². The first-order valence-electron chi connectivity index (χ1n) is 6.85. The van der Waals surface area contributed by atoms with Gasteiger partial charge in [-0.1, -0.05) is 36.4 Å². The average Bonchev–Trinajstić information content (AvgIpc) is 3.06. The number of fused-ring (bicyclic) bond motifs is 7. The zero-order valence-electron chi connectivity index (χ0n) is 11.0. The lowest BCUT2D eigenvalue weighted by molar-refractivity contribution is 0.477. The van der Waals surface area contributed by atoms with E-state index < -0.39 is 0 Å². The number of benzene rings is 3. The van der Waals surface area contributed by atoms with Crippen LogP contribution in [0.1, 0.15) is 0 Å². The first-order valence-corrected chi connectivity index (χ1v) is 6.85. The minimum absolute atomic E-state index is 0.268. The van der Waals surface area contributed by atoms with Crippen LogP contribution in [0.2, 0.25) is 0 Å².